The number of hydrogen-bond donors (Lipinski definition) is 2. The first kappa shape index (κ1) is 14.7. The third-order valence-corrected chi connectivity index (χ3v) is 5.62. The summed E-state index contributed by atoms with van der Waals surface area (Å²) in [5, 5.41) is 7.68. The predicted octanol–water partition coefficient (Wildman–Crippen LogP) is 2.77. The Bertz CT molecular complexity index is 981. The van der Waals surface area contributed by atoms with Crippen LogP contribution in [0.2, 0.25) is 0 Å². The summed E-state index contributed by atoms with van der Waals surface area (Å²) in [6, 6.07) is 9.12. The molecule has 0 aliphatic carbocycles. The Hall–Kier alpha value is -2.22. The van der Waals surface area contributed by atoms with Gasteiger partial charge in [0.2, 0.25) is 10.0 Å². The van der Waals surface area contributed by atoms with Crippen molar-refractivity contribution in [1.29, 1.82) is 0 Å². The molecule has 112 valence electrons. The molecule has 2 aromatic heterocycles. The van der Waals surface area contributed by atoms with Crippen molar-refractivity contribution < 1.29 is 13.2 Å². The number of benzene rings is 1. The Morgan fingerprint density at radius 2 is 2.05 bits per heavy atom. The normalized spacial score (nSPS) is 12.2. The second-order valence-electron chi connectivity index (χ2n) is 4.65. The van der Waals surface area contributed by atoms with E-state index < -0.39 is 15.8 Å². The van der Waals surface area contributed by atoms with Gasteiger partial charge in [-0.15, -0.1) is 11.3 Å². The molecule has 1 aromatic carbocycles. The fraction of sp³-hybridized carbons (Fsp3) is 0. The third kappa shape index (κ3) is 2.74. The van der Waals surface area contributed by atoms with Crippen LogP contribution in [0.1, 0.15) is 15.9 Å². The quantitative estimate of drug-likeness (QED) is 0.568. The van der Waals surface area contributed by atoms with Gasteiger partial charge in [-0.25, -0.2) is 13.6 Å². The van der Waals surface area contributed by atoms with Gasteiger partial charge in [0, 0.05) is 6.20 Å². The van der Waals surface area contributed by atoms with Crippen molar-refractivity contribution in [3.05, 3.63) is 59.1 Å². The van der Waals surface area contributed by atoms with Crippen LogP contribution in [0.25, 0.3) is 17.0 Å². The standard InChI is InChI=1S/C15H12N2O3S2/c16-22(19,20)15-12(7-9-21-15)13(18)5-4-10-2-1-3-11-6-8-17-14(10)11/h1-9,17H,(H2,16,19,20). The molecule has 7 heteroatoms. The molecule has 3 aromatic rings. The summed E-state index contributed by atoms with van der Waals surface area (Å²) in [7, 11) is -3.89. The van der Waals surface area contributed by atoms with Crippen LogP contribution < -0.4 is 5.14 Å². The summed E-state index contributed by atoms with van der Waals surface area (Å²) in [6.45, 7) is 0. The third-order valence-electron chi connectivity index (χ3n) is 3.19. The van der Waals surface area contributed by atoms with Crippen LogP contribution in [0.5, 0.6) is 0 Å². The van der Waals surface area contributed by atoms with Crippen molar-refractivity contribution in [2.45, 2.75) is 4.21 Å². The molecule has 0 bridgehead atoms. The first-order chi connectivity index (χ1) is 10.5. The molecule has 0 aliphatic rings. The molecular weight excluding hydrogens is 320 g/mol. The smallest absolute Gasteiger partial charge is 0.248 e. The van der Waals surface area contributed by atoms with E-state index in [4.69, 9.17) is 5.14 Å². The molecule has 0 saturated carbocycles. The summed E-state index contributed by atoms with van der Waals surface area (Å²) < 4.78 is 22.8. The molecular formula is C15H12N2O3S2. The maximum atomic E-state index is 12.2. The van der Waals surface area contributed by atoms with E-state index in [0.29, 0.717) is 0 Å². The number of carbonyl (C=O) groups excluding carboxylic acids is 1. The number of hydrogen-bond acceptors (Lipinski definition) is 4. The molecule has 3 N–H and O–H groups in total. The summed E-state index contributed by atoms with van der Waals surface area (Å²) in [5.41, 5.74) is 1.87. The molecule has 0 radical (unpaired) electrons. The van der Waals surface area contributed by atoms with E-state index in [2.05, 4.69) is 4.98 Å². The van der Waals surface area contributed by atoms with Crippen LogP contribution in [0, 0.1) is 0 Å². The van der Waals surface area contributed by atoms with Gasteiger partial charge >= 0.3 is 0 Å². The van der Waals surface area contributed by atoms with Crippen LogP contribution in [-0.2, 0) is 10.0 Å². The Labute approximate surface area is 131 Å². The van der Waals surface area contributed by atoms with Gasteiger partial charge in [0.15, 0.2) is 5.78 Å². The summed E-state index contributed by atoms with van der Waals surface area (Å²) in [4.78, 5) is 15.3. The molecule has 0 amide bonds. The van der Waals surface area contributed by atoms with Crippen molar-refractivity contribution in [1.82, 2.24) is 4.98 Å². The fourth-order valence-corrected chi connectivity index (χ4v) is 4.00. The second kappa shape index (κ2) is 5.53. The van der Waals surface area contributed by atoms with Gasteiger partial charge in [-0.1, -0.05) is 18.2 Å². The summed E-state index contributed by atoms with van der Waals surface area (Å²) in [5.74, 6) is -0.395. The van der Waals surface area contributed by atoms with Gasteiger partial charge in [-0.05, 0) is 40.6 Å². The van der Waals surface area contributed by atoms with Crippen molar-refractivity contribution >= 4 is 44.1 Å². The Balaban J connectivity index is 1.95. The molecule has 0 spiro atoms. The topological polar surface area (TPSA) is 93.0 Å². The number of fused-ring (bicyclic) bond motifs is 1. The lowest BCUT2D eigenvalue weighted by molar-refractivity contribution is 0.104. The SMILES string of the molecule is NS(=O)(=O)c1sccc1C(=O)C=Cc1cccc2cc[nH]c12. The van der Waals surface area contributed by atoms with Gasteiger partial charge in [-0.2, -0.15) is 0 Å². The molecule has 0 saturated heterocycles. The molecule has 0 aliphatic heterocycles. The number of rotatable bonds is 4. The van der Waals surface area contributed by atoms with Crippen molar-refractivity contribution in [3.8, 4) is 0 Å². The van der Waals surface area contributed by atoms with Crippen LogP contribution in [0.4, 0.5) is 0 Å². The number of aromatic amines is 1. The first-order valence-corrected chi connectivity index (χ1v) is 8.78. The van der Waals surface area contributed by atoms with Crippen LogP contribution in [0.3, 0.4) is 0 Å². The molecule has 2 heterocycles. The van der Waals surface area contributed by atoms with E-state index in [1.54, 1.807) is 6.08 Å². The minimum atomic E-state index is -3.89. The largest absolute Gasteiger partial charge is 0.361 e. The number of para-hydroxylation sites is 1. The van der Waals surface area contributed by atoms with Gasteiger partial charge in [0.1, 0.15) is 4.21 Å². The maximum absolute atomic E-state index is 12.2. The van der Waals surface area contributed by atoms with Crippen molar-refractivity contribution in [3.63, 3.8) is 0 Å². The fourth-order valence-electron chi connectivity index (χ4n) is 2.20. The van der Waals surface area contributed by atoms with Gasteiger partial charge in [0.05, 0.1) is 11.1 Å². The number of primary sulfonamides is 1. The maximum Gasteiger partial charge on any atom is 0.248 e. The van der Waals surface area contributed by atoms with Crippen molar-refractivity contribution in [2.75, 3.05) is 0 Å². The Morgan fingerprint density at radius 3 is 2.82 bits per heavy atom. The van der Waals surface area contributed by atoms with E-state index in [1.807, 2.05) is 30.5 Å². The number of allylic oxidation sites excluding steroid dienone is 1. The average molecular weight is 332 g/mol. The van der Waals surface area contributed by atoms with Crippen LogP contribution >= 0.6 is 11.3 Å². The zero-order valence-corrected chi connectivity index (χ0v) is 12.9. The number of thiophene rings is 1. The minimum absolute atomic E-state index is 0.0995. The number of carbonyl (C=O) groups is 1. The number of nitrogens with two attached hydrogens (primary N) is 1. The molecule has 0 unspecified atom stereocenters. The number of aromatic nitrogens is 1. The van der Waals surface area contributed by atoms with Crippen LogP contribution in [0.15, 0.2) is 52.2 Å². The van der Waals surface area contributed by atoms with E-state index in [1.165, 1.54) is 17.5 Å². The number of nitrogens with one attached hydrogen (secondary N) is 1. The monoisotopic (exact) mass is 332 g/mol. The van der Waals surface area contributed by atoms with Crippen LogP contribution in [-0.4, -0.2) is 19.2 Å². The van der Waals surface area contributed by atoms with E-state index in [9.17, 15) is 13.2 Å². The second-order valence-corrected chi connectivity index (χ2v) is 7.33. The highest BCUT2D eigenvalue weighted by molar-refractivity contribution is 7.91. The number of H-pyrrole nitrogens is 1. The highest BCUT2D eigenvalue weighted by atomic mass is 32.2. The minimum Gasteiger partial charge on any atom is -0.361 e. The lowest BCUT2D eigenvalue weighted by Crippen LogP contribution is -2.13. The average Bonchev–Trinajstić information content (AvgIpc) is 3.12. The molecule has 22 heavy (non-hydrogen) atoms. The summed E-state index contributed by atoms with van der Waals surface area (Å²) >= 11 is 0.937. The number of sulfonamides is 1. The lowest BCUT2D eigenvalue weighted by Gasteiger charge is -1.99. The van der Waals surface area contributed by atoms with Gasteiger partial charge < -0.3 is 4.98 Å². The van der Waals surface area contributed by atoms with Crippen molar-refractivity contribution in [2.24, 2.45) is 5.14 Å². The molecule has 0 atom stereocenters. The molecule has 3 rings (SSSR count). The highest BCUT2D eigenvalue weighted by Gasteiger charge is 2.19. The molecule has 0 fully saturated rings. The van der Waals surface area contributed by atoms with E-state index in [0.717, 1.165) is 27.8 Å². The van der Waals surface area contributed by atoms with E-state index in [-0.39, 0.29) is 9.77 Å². The lowest BCUT2D eigenvalue weighted by atomic mass is 10.1. The van der Waals surface area contributed by atoms with E-state index >= 15 is 0 Å². The van der Waals surface area contributed by atoms with Gasteiger partial charge in [0.25, 0.3) is 0 Å². The summed E-state index contributed by atoms with van der Waals surface area (Å²) in [6.07, 6.45) is 4.83. The molecule has 5 nitrogen and oxygen atoms in total. The van der Waals surface area contributed by atoms with Gasteiger partial charge in [-0.3, -0.25) is 4.79 Å². The number of ketones is 1. The zero-order chi connectivity index (χ0) is 15.7. The highest BCUT2D eigenvalue weighted by Crippen LogP contribution is 2.23. The Kier molecular flexibility index (Phi) is 3.69. The first-order valence-electron chi connectivity index (χ1n) is 6.35. The predicted molar refractivity (Wildman–Crippen MR) is 87.4 cm³/mol. The Morgan fingerprint density at radius 1 is 1.23 bits per heavy atom. The zero-order valence-electron chi connectivity index (χ0n) is 11.3.